The number of hydrogen-bond acceptors (Lipinski definition) is 1. The lowest BCUT2D eigenvalue weighted by Crippen LogP contribution is -2.30. The molecule has 1 fully saturated rings. The number of alkyl halides is 2. The summed E-state index contributed by atoms with van der Waals surface area (Å²) < 4.78 is 25.4. The van der Waals surface area contributed by atoms with E-state index in [2.05, 4.69) is 0 Å². The van der Waals surface area contributed by atoms with E-state index in [0.29, 0.717) is 12.8 Å². The maximum Gasteiger partial charge on any atom is 0.306 e. The summed E-state index contributed by atoms with van der Waals surface area (Å²) in [6, 6.07) is 0. The van der Waals surface area contributed by atoms with Crippen molar-refractivity contribution in [3.05, 3.63) is 0 Å². The summed E-state index contributed by atoms with van der Waals surface area (Å²) in [5.74, 6) is -4.00. The summed E-state index contributed by atoms with van der Waals surface area (Å²) in [5, 5.41) is 8.68. The minimum absolute atomic E-state index is 0.0721. The van der Waals surface area contributed by atoms with E-state index in [1.54, 1.807) is 6.92 Å². The van der Waals surface area contributed by atoms with Gasteiger partial charge in [-0.15, -0.1) is 0 Å². The number of halogens is 2. The largest absolute Gasteiger partial charge is 0.481 e. The minimum atomic E-state index is -2.56. The molecule has 1 atom stereocenters. The Morgan fingerprint density at radius 2 is 1.92 bits per heavy atom. The summed E-state index contributed by atoms with van der Waals surface area (Å²) in [7, 11) is 0. The lowest BCUT2D eigenvalue weighted by Gasteiger charge is -2.30. The van der Waals surface area contributed by atoms with Gasteiger partial charge in [-0.1, -0.05) is 6.92 Å². The Morgan fingerprint density at radius 1 is 1.46 bits per heavy atom. The summed E-state index contributed by atoms with van der Waals surface area (Å²) in [5.41, 5.74) is 0. The van der Waals surface area contributed by atoms with Crippen molar-refractivity contribution in [1.29, 1.82) is 0 Å². The van der Waals surface area contributed by atoms with Crippen LogP contribution in [0.2, 0.25) is 0 Å². The molecule has 1 saturated carbocycles. The molecule has 0 aromatic heterocycles. The molecule has 2 nitrogen and oxygen atoms in total. The van der Waals surface area contributed by atoms with E-state index in [0.717, 1.165) is 0 Å². The van der Waals surface area contributed by atoms with Gasteiger partial charge in [0, 0.05) is 12.8 Å². The molecule has 0 radical (unpaired) electrons. The maximum absolute atomic E-state index is 12.7. The molecule has 1 rings (SSSR count). The van der Waals surface area contributed by atoms with Crippen molar-refractivity contribution >= 4 is 5.97 Å². The normalized spacial score (nSPS) is 25.5. The van der Waals surface area contributed by atoms with Crippen molar-refractivity contribution < 1.29 is 18.7 Å². The lowest BCUT2D eigenvalue weighted by molar-refractivity contribution is -0.145. The number of carbonyl (C=O) groups is 1. The van der Waals surface area contributed by atoms with Gasteiger partial charge < -0.3 is 5.11 Å². The zero-order valence-electron chi connectivity index (χ0n) is 7.59. The quantitative estimate of drug-likeness (QED) is 0.729. The predicted octanol–water partition coefficient (Wildman–Crippen LogP) is 2.53. The molecule has 0 aromatic carbocycles. The van der Waals surface area contributed by atoms with Crippen LogP contribution in [-0.4, -0.2) is 17.0 Å². The van der Waals surface area contributed by atoms with Gasteiger partial charge in [0.2, 0.25) is 5.92 Å². The van der Waals surface area contributed by atoms with E-state index in [9.17, 15) is 13.6 Å². The molecule has 0 saturated heterocycles. The molecular weight excluding hydrogens is 178 g/mol. The fraction of sp³-hybridized carbons (Fsp3) is 0.889. The zero-order valence-corrected chi connectivity index (χ0v) is 7.59. The van der Waals surface area contributed by atoms with Gasteiger partial charge in [-0.2, -0.15) is 0 Å². The van der Waals surface area contributed by atoms with Crippen molar-refractivity contribution in [2.75, 3.05) is 0 Å². The molecule has 1 aliphatic carbocycles. The molecule has 0 bridgehead atoms. The van der Waals surface area contributed by atoms with Gasteiger partial charge in [-0.25, -0.2) is 8.78 Å². The third kappa shape index (κ3) is 2.64. The van der Waals surface area contributed by atoms with Crippen molar-refractivity contribution in [2.45, 2.75) is 38.5 Å². The number of aliphatic carboxylic acids is 1. The highest BCUT2D eigenvalue weighted by molar-refractivity contribution is 5.69. The molecule has 1 N–H and O–H groups in total. The average Bonchev–Trinajstić information content (AvgIpc) is 2.03. The third-order valence-electron chi connectivity index (χ3n) is 2.86. The van der Waals surface area contributed by atoms with Crippen LogP contribution in [0.1, 0.15) is 32.6 Å². The van der Waals surface area contributed by atoms with Crippen LogP contribution < -0.4 is 0 Å². The van der Waals surface area contributed by atoms with Crippen LogP contribution in [0.15, 0.2) is 0 Å². The summed E-state index contributed by atoms with van der Waals surface area (Å²) in [6.45, 7) is 1.59. The third-order valence-corrected chi connectivity index (χ3v) is 2.86. The van der Waals surface area contributed by atoms with Gasteiger partial charge in [0.15, 0.2) is 0 Å². The van der Waals surface area contributed by atoms with E-state index >= 15 is 0 Å². The van der Waals surface area contributed by atoms with Crippen LogP contribution in [0.25, 0.3) is 0 Å². The molecule has 1 aliphatic rings. The number of hydrogen-bond donors (Lipinski definition) is 1. The molecule has 0 aliphatic heterocycles. The first-order chi connectivity index (χ1) is 5.92. The fourth-order valence-electron chi connectivity index (χ4n) is 1.76. The monoisotopic (exact) mass is 192 g/mol. The Kier molecular flexibility index (Phi) is 2.88. The number of carboxylic acid groups (broad SMARTS) is 1. The summed E-state index contributed by atoms with van der Waals surface area (Å²) in [6.07, 6.45) is 0.353. The maximum atomic E-state index is 12.7. The van der Waals surface area contributed by atoms with E-state index in [-0.39, 0.29) is 18.8 Å². The Bertz CT molecular complexity index is 194. The Labute approximate surface area is 75.9 Å². The highest BCUT2D eigenvalue weighted by Crippen LogP contribution is 2.38. The SMILES string of the molecule is C[C@H](C(=O)O)C1CCC(F)(F)CC1. The van der Waals surface area contributed by atoms with Crippen molar-refractivity contribution in [1.82, 2.24) is 0 Å². The summed E-state index contributed by atoms with van der Waals surface area (Å²) >= 11 is 0. The van der Waals surface area contributed by atoms with Crippen molar-refractivity contribution in [2.24, 2.45) is 11.8 Å². The highest BCUT2D eigenvalue weighted by Gasteiger charge is 2.37. The highest BCUT2D eigenvalue weighted by atomic mass is 19.3. The smallest absolute Gasteiger partial charge is 0.306 e. The molecule has 0 unspecified atom stereocenters. The van der Waals surface area contributed by atoms with Crippen LogP contribution in [-0.2, 0) is 4.79 Å². The number of rotatable bonds is 2. The van der Waals surface area contributed by atoms with Gasteiger partial charge >= 0.3 is 5.97 Å². The van der Waals surface area contributed by atoms with E-state index in [1.807, 2.05) is 0 Å². The first-order valence-corrected chi connectivity index (χ1v) is 4.53. The van der Waals surface area contributed by atoms with Gasteiger partial charge in [-0.05, 0) is 18.8 Å². The first kappa shape index (κ1) is 10.4. The molecule has 0 heterocycles. The molecule has 76 valence electrons. The molecule has 0 amide bonds. The van der Waals surface area contributed by atoms with Gasteiger partial charge in [0.05, 0.1) is 5.92 Å². The van der Waals surface area contributed by atoms with Gasteiger partial charge in [0.1, 0.15) is 0 Å². The molecular formula is C9H14F2O2. The molecule has 0 spiro atoms. The average molecular weight is 192 g/mol. The van der Waals surface area contributed by atoms with Crippen LogP contribution in [0.4, 0.5) is 8.78 Å². The molecule has 0 aromatic rings. The van der Waals surface area contributed by atoms with E-state index < -0.39 is 17.8 Å². The van der Waals surface area contributed by atoms with E-state index in [1.165, 1.54) is 0 Å². The fourth-order valence-corrected chi connectivity index (χ4v) is 1.76. The van der Waals surface area contributed by atoms with Crippen LogP contribution in [0, 0.1) is 11.8 Å². The minimum Gasteiger partial charge on any atom is -0.481 e. The van der Waals surface area contributed by atoms with E-state index in [4.69, 9.17) is 5.11 Å². The second-order valence-electron chi connectivity index (χ2n) is 3.82. The Balaban J connectivity index is 2.45. The van der Waals surface area contributed by atoms with Gasteiger partial charge in [0.25, 0.3) is 0 Å². The van der Waals surface area contributed by atoms with Crippen LogP contribution in [0.5, 0.6) is 0 Å². The van der Waals surface area contributed by atoms with Crippen molar-refractivity contribution in [3.63, 3.8) is 0 Å². The topological polar surface area (TPSA) is 37.3 Å². The zero-order chi connectivity index (χ0) is 10.1. The Morgan fingerprint density at radius 3 is 2.31 bits per heavy atom. The second-order valence-corrected chi connectivity index (χ2v) is 3.82. The van der Waals surface area contributed by atoms with Crippen molar-refractivity contribution in [3.8, 4) is 0 Å². The standard InChI is InChI=1S/C9H14F2O2/c1-6(8(12)13)7-2-4-9(10,11)5-3-7/h6-7H,2-5H2,1H3,(H,12,13)/t6-/m0/s1. The van der Waals surface area contributed by atoms with Crippen LogP contribution >= 0.6 is 0 Å². The molecule has 13 heavy (non-hydrogen) atoms. The summed E-state index contributed by atoms with van der Waals surface area (Å²) in [4.78, 5) is 10.6. The van der Waals surface area contributed by atoms with Gasteiger partial charge in [-0.3, -0.25) is 4.79 Å². The number of carboxylic acids is 1. The van der Waals surface area contributed by atoms with Crippen LogP contribution in [0.3, 0.4) is 0 Å². The first-order valence-electron chi connectivity index (χ1n) is 4.53. The lowest BCUT2D eigenvalue weighted by atomic mass is 9.79. The Hall–Kier alpha value is -0.670. The predicted molar refractivity (Wildman–Crippen MR) is 43.7 cm³/mol. The molecule has 4 heteroatoms. The second kappa shape index (κ2) is 3.60.